The van der Waals surface area contributed by atoms with Crippen LogP contribution >= 0.6 is 0 Å². The molecule has 0 radical (unpaired) electrons. The van der Waals surface area contributed by atoms with Crippen LogP contribution in [-0.4, -0.2) is 29.9 Å². The standard InChI is InChI=1S/C13H22N2O/c14-9-5-7-15(8-6-9)13(16)12-10-3-1-2-4-11(10)12/h9-12H,1-8,14H2. The van der Waals surface area contributed by atoms with E-state index in [0.717, 1.165) is 37.8 Å². The number of fused-ring (bicyclic) bond motifs is 1. The largest absolute Gasteiger partial charge is 0.342 e. The first-order valence-corrected chi connectivity index (χ1v) is 6.82. The summed E-state index contributed by atoms with van der Waals surface area (Å²) in [6.07, 6.45) is 7.27. The Morgan fingerprint density at radius 3 is 2.12 bits per heavy atom. The minimum absolute atomic E-state index is 0.325. The third-order valence-electron chi connectivity index (χ3n) is 4.79. The van der Waals surface area contributed by atoms with E-state index in [2.05, 4.69) is 4.90 Å². The van der Waals surface area contributed by atoms with Crippen LogP contribution in [0.2, 0.25) is 0 Å². The highest BCUT2D eigenvalue weighted by Crippen LogP contribution is 2.56. The maximum atomic E-state index is 12.3. The van der Waals surface area contributed by atoms with E-state index in [4.69, 9.17) is 5.73 Å². The smallest absolute Gasteiger partial charge is 0.226 e. The molecule has 0 aromatic carbocycles. The number of hydrogen-bond acceptors (Lipinski definition) is 2. The summed E-state index contributed by atoms with van der Waals surface area (Å²) in [6.45, 7) is 1.80. The van der Waals surface area contributed by atoms with E-state index >= 15 is 0 Å². The van der Waals surface area contributed by atoms with Gasteiger partial charge in [0.2, 0.25) is 5.91 Å². The summed E-state index contributed by atoms with van der Waals surface area (Å²) in [4.78, 5) is 14.4. The van der Waals surface area contributed by atoms with Crippen LogP contribution in [0.5, 0.6) is 0 Å². The summed E-state index contributed by atoms with van der Waals surface area (Å²) < 4.78 is 0. The van der Waals surface area contributed by atoms with Gasteiger partial charge in [-0.15, -0.1) is 0 Å². The van der Waals surface area contributed by atoms with E-state index in [1.165, 1.54) is 25.7 Å². The SMILES string of the molecule is NC1CCN(C(=O)C2C3CCCCC32)CC1. The van der Waals surface area contributed by atoms with Crippen LogP contribution in [0.3, 0.4) is 0 Å². The lowest BCUT2D eigenvalue weighted by atomic mass is 10.0. The van der Waals surface area contributed by atoms with Crippen LogP contribution in [0.25, 0.3) is 0 Å². The Balaban J connectivity index is 1.57. The Morgan fingerprint density at radius 2 is 1.56 bits per heavy atom. The van der Waals surface area contributed by atoms with Crippen LogP contribution in [0, 0.1) is 17.8 Å². The lowest BCUT2D eigenvalue weighted by molar-refractivity contribution is -0.134. The van der Waals surface area contributed by atoms with Gasteiger partial charge in [-0.25, -0.2) is 0 Å². The van der Waals surface area contributed by atoms with Gasteiger partial charge in [0.15, 0.2) is 0 Å². The molecule has 2 saturated carbocycles. The number of amides is 1. The van der Waals surface area contributed by atoms with Crippen molar-refractivity contribution in [3.05, 3.63) is 0 Å². The Kier molecular flexibility index (Phi) is 2.66. The van der Waals surface area contributed by atoms with Gasteiger partial charge in [0, 0.05) is 25.0 Å². The summed E-state index contributed by atoms with van der Waals surface area (Å²) in [5, 5.41) is 0. The summed E-state index contributed by atoms with van der Waals surface area (Å²) in [5.41, 5.74) is 5.87. The molecule has 3 heteroatoms. The number of piperidine rings is 1. The number of nitrogens with zero attached hydrogens (tertiary/aromatic N) is 1. The van der Waals surface area contributed by atoms with Crippen LogP contribution in [-0.2, 0) is 4.79 Å². The predicted octanol–water partition coefficient (Wildman–Crippen LogP) is 1.37. The molecule has 3 nitrogen and oxygen atoms in total. The zero-order valence-corrected chi connectivity index (χ0v) is 9.90. The molecule has 2 atom stereocenters. The first-order chi connectivity index (χ1) is 7.77. The quantitative estimate of drug-likeness (QED) is 0.728. The van der Waals surface area contributed by atoms with Crippen LogP contribution in [0.15, 0.2) is 0 Å². The molecule has 0 aromatic heterocycles. The highest BCUT2D eigenvalue weighted by molar-refractivity contribution is 5.82. The van der Waals surface area contributed by atoms with Gasteiger partial charge in [0.1, 0.15) is 0 Å². The van der Waals surface area contributed by atoms with Crippen molar-refractivity contribution in [1.29, 1.82) is 0 Å². The molecule has 16 heavy (non-hydrogen) atoms. The summed E-state index contributed by atoms with van der Waals surface area (Å²) in [6, 6.07) is 0.325. The van der Waals surface area contributed by atoms with Crippen LogP contribution in [0.4, 0.5) is 0 Å². The number of likely N-dealkylation sites (tertiary alicyclic amines) is 1. The Bertz CT molecular complexity index is 272. The molecule has 2 N–H and O–H groups in total. The number of carbonyl (C=O) groups excluding carboxylic acids is 1. The van der Waals surface area contributed by atoms with Gasteiger partial charge in [-0.3, -0.25) is 4.79 Å². The van der Waals surface area contributed by atoms with E-state index in [-0.39, 0.29) is 0 Å². The van der Waals surface area contributed by atoms with Gasteiger partial charge in [0.05, 0.1) is 0 Å². The summed E-state index contributed by atoms with van der Waals surface area (Å²) in [7, 11) is 0. The normalized spacial score (nSPS) is 39.3. The van der Waals surface area contributed by atoms with E-state index in [1.54, 1.807) is 0 Å². The number of hydrogen-bond donors (Lipinski definition) is 1. The predicted molar refractivity (Wildman–Crippen MR) is 62.7 cm³/mol. The molecule has 0 spiro atoms. The van der Waals surface area contributed by atoms with Gasteiger partial charge in [-0.05, 0) is 37.5 Å². The van der Waals surface area contributed by atoms with Crippen molar-refractivity contribution >= 4 is 5.91 Å². The Hall–Kier alpha value is -0.570. The number of nitrogens with two attached hydrogens (primary N) is 1. The zero-order valence-electron chi connectivity index (χ0n) is 9.90. The average Bonchev–Trinajstić information content (AvgIpc) is 3.03. The topological polar surface area (TPSA) is 46.3 Å². The second-order valence-corrected chi connectivity index (χ2v) is 5.80. The molecular weight excluding hydrogens is 200 g/mol. The van der Waals surface area contributed by atoms with Gasteiger partial charge in [-0.2, -0.15) is 0 Å². The lowest BCUT2D eigenvalue weighted by Crippen LogP contribution is -2.43. The summed E-state index contributed by atoms with van der Waals surface area (Å²) >= 11 is 0. The molecule has 1 aliphatic heterocycles. The minimum Gasteiger partial charge on any atom is -0.342 e. The van der Waals surface area contributed by atoms with Gasteiger partial charge in [0.25, 0.3) is 0 Å². The molecule has 2 aliphatic carbocycles. The number of rotatable bonds is 1. The third-order valence-corrected chi connectivity index (χ3v) is 4.79. The lowest BCUT2D eigenvalue weighted by Gasteiger charge is -2.30. The van der Waals surface area contributed by atoms with Crippen molar-refractivity contribution in [2.24, 2.45) is 23.5 Å². The monoisotopic (exact) mass is 222 g/mol. The maximum Gasteiger partial charge on any atom is 0.226 e. The van der Waals surface area contributed by atoms with Crippen molar-refractivity contribution in [2.45, 2.75) is 44.6 Å². The molecule has 1 amide bonds. The van der Waals surface area contributed by atoms with Crippen molar-refractivity contribution < 1.29 is 4.79 Å². The first-order valence-electron chi connectivity index (χ1n) is 6.82. The van der Waals surface area contributed by atoms with Gasteiger partial charge in [-0.1, -0.05) is 12.8 Å². The summed E-state index contributed by atoms with van der Waals surface area (Å²) in [5.74, 6) is 2.34. The van der Waals surface area contributed by atoms with Crippen LogP contribution in [0.1, 0.15) is 38.5 Å². The fourth-order valence-electron chi connectivity index (χ4n) is 3.69. The minimum atomic E-state index is 0.325. The number of carbonyl (C=O) groups is 1. The Morgan fingerprint density at radius 1 is 1.00 bits per heavy atom. The Labute approximate surface area is 97.4 Å². The molecule has 0 bridgehead atoms. The van der Waals surface area contributed by atoms with Crippen molar-refractivity contribution in [1.82, 2.24) is 4.90 Å². The molecule has 2 unspecified atom stereocenters. The highest BCUT2D eigenvalue weighted by atomic mass is 16.2. The van der Waals surface area contributed by atoms with Crippen molar-refractivity contribution in [3.63, 3.8) is 0 Å². The van der Waals surface area contributed by atoms with Gasteiger partial charge < -0.3 is 10.6 Å². The second kappa shape index (κ2) is 4.02. The molecule has 3 rings (SSSR count). The third kappa shape index (κ3) is 1.75. The van der Waals surface area contributed by atoms with E-state index in [1.807, 2.05) is 0 Å². The molecule has 1 saturated heterocycles. The fourth-order valence-corrected chi connectivity index (χ4v) is 3.69. The van der Waals surface area contributed by atoms with E-state index in [9.17, 15) is 4.79 Å². The molecule has 3 fully saturated rings. The molecule has 90 valence electrons. The van der Waals surface area contributed by atoms with Crippen LogP contribution < -0.4 is 5.73 Å². The first kappa shape index (κ1) is 10.6. The molecule has 1 heterocycles. The van der Waals surface area contributed by atoms with E-state index < -0.39 is 0 Å². The zero-order chi connectivity index (χ0) is 11.1. The second-order valence-electron chi connectivity index (χ2n) is 5.80. The highest BCUT2D eigenvalue weighted by Gasteiger charge is 2.55. The average molecular weight is 222 g/mol. The molecular formula is C13H22N2O. The van der Waals surface area contributed by atoms with Crippen molar-refractivity contribution in [3.8, 4) is 0 Å². The van der Waals surface area contributed by atoms with Gasteiger partial charge >= 0.3 is 0 Å². The fraction of sp³-hybridized carbons (Fsp3) is 0.923. The molecule has 3 aliphatic rings. The van der Waals surface area contributed by atoms with Crippen molar-refractivity contribution in [2.75, 3.05) is 13.1 Å². The van der Waals surface area contributed by atoms with E-state index in [0.29, 0.717) is 17.9 Å². The maximum absolute atomic E-state index is 12.3. The molecule has 0 aromatic rings.